The zero-order valence-corrected chi connectivity index (χ0v) is 9.10. The highest BCUT2D eigenvalue weighted by atomic mass is 16.6. The van der Waals surface area contributed by atoms with Gasteiger partial charge in [-0.2, -0.15) is 0 Å². The molecule has 2 N–H and O–H groups in total. The van der Waals surface area contributed by atoms with E-state index in [0.29, 0.717) is 24.2 Å². The van der Waals surface area contributed by atoms with Gasteiger partial charge in [-0.1, -0.05) is 12.2 Å². The van der Waals surface area contributed by atoms with Crippen LogP contribution in [0.5, 0.6) is 0 Å². The number of esters is 2. The van der Waals surface area contributed by atoms with Gasteiger partial charge in [0.1, 0.15) is 0 Å². The molecule has 0 aromatic heterocycles. The van der Waals surface area contributed by atoms with Gasteiger partial charge >= 0.3 is 11.9 Å². The first-order chi connectivity index (χ1) is 8.27. The summed E-state index contributed by atoms with van der Waals surface area (Å²) in [6, 6.07) is 0. The molecule has 0 atom stereocenters. The summed E-state index contributed by atoms with van der Waals surface area (Å²) in [4.78, 5) is 23.2. The maximum atomic E-state index is 11.6. The number of carbonyl (C=O) groups excluding carboxylic acids is 2. The molecule has 0 radical (unpaired) electrons. The summed E-state index contributed by atoms with van der Waals surface area (Å²) in [5, 5.41) is 5.81. The molecular weight excluding hydrogens is 220 g/mol. The SMILES string of the molecule is O=C(OC(=O)C1=CCNC=C1)C1=CCNC=C1. The summed E-state index contributed by atoms with van der Waals surface area (Å²) in [5.74, 6) is -1.25. The maximum absolute atomic E-state index is 11.6. The van der Waals surface area contributed by atoms with Crippen LogP contribution in [-0.4, -0.2) is 25.0 Å². The molecule has 88 valence electrons. The molecule has 0 saturated heterocycles. The number of carbonyl (C=O) groups is 2. The monoisotopic (exact) mass is 232 g/mol. The minimum Gasteiger partial charge on any atom is -0.387 e. The predicted octanol–water partition coefficient (Wildman–Crippen LogP) is 0.143. The Kier molecular flexibility index (Phi) is 3.40. The van der Waals surface area contributed by atoms with Gasteiger partial charge in [0.25, 0.3) is 0 Å². The molecule has 5 heteroatoms. The van der Waals surface area contributed by atoms with Crippen molar-refractivity contribution in [2.45, 2.75) is 0 Å². The Morgan fingerprint density at radius 2 is 1.41 bits per heavy atom. The quantitative estimate of drug-likeness (QED) is 0.523. The van der Waals surface area contributed by atoms with Gasteiger partial charge in [0, 0.05) is 13.1 Å². The summed E-state index contributed by atoms with van der Waals surface area (Å²) in [6.07, 6.45) is 9.78. The zero-order valence-electron chi connectivity index (χ0n) is 9.10. The summed E-state index contributed by atoms with van der Waals surface area (Å²) in [6.45, 7) is 1.11. The largest absolute Gasteiger partial charge is 0.387 e. The first kappa shape index (κ1) is 11.2. The highest BCUT2D eigenvalue weighted by Crippen LogP contribution is 2.08. The second-order valence-electron chi connectivity index (χ2n) is 3.48. The smallest absolute Gasteiger partial charge is 0.345 e. The van der Waals surface area contributed by atoms with Crippen LogP contribution in [-0.2, 0) is 14.3 Å². The van der Waals surface area contributed by atoms with Crippen molar-refractivity contribution in [2.24, 2.45) is 0 Å². The molecule has 2 rings (SSSR count). The lowest BCUT2D eigenvalue weighted by Gasteiger charge is -2.09. The average Bonchev–Trinajstić information content (AvgIpc) is 2.40. The molecule has 0 bridgehead atoms. The van der Waals surface area contributed by atoms with Gasteiger partial charge in [0.2, 0.25) is 0 Å². The molecule has 5 nitrogen and oxygen atoms in total. The van der Waals surface area contributed by atoms with Crippen molar-refractivity contribution >= 4 is 11.9 Å². The van der Waals surface area contributed by atoms with Crippen molar-refractivity contribution in [2.75, 3.05) is 13.1 Å². The second kappa shape index (κ2) is 5.16. The van der Waals surface area contributed by atoms with Crippen LogP contribution in [0.3, 0.4) is 0 Å². The van der Waals surface area contributed by atoms with E-state index in [9.17, 15) is 9.59 Å². The maximum Gasteiger partial charge on any atom is 0.345 e. The lowest BCUT2D eigenvalue weighted by molar-refractivity contribution is -0.153. The van der Waals surface area contributed by atoms with Crippen molar-refractivity contribution in [3.63, 3.8) is 0 Å². The lowest BCUT2D eigenvalue weighted by atomic mass is 10.2. The molecule has 0 aromatic carbocycles. The van der Waals surface area contributed by atoms with E-state index in [1.807, 2.05) is 0 Å². The van der Waals surface area contributed by atoms with Gasteiger partial charge in [-0.3, -0.25) is 0 Å². The van der Waals surface area contributed by atoms with Crippen LogP contribution in [0.25, 0.3) is 0 Å². The number of nitrogens with one attached hydrogen (secondary N) is 2. The Labute approximate surface area is 98.5 Å². The van der Waals surface area contributed by atoms with Crippen molar-refractivity contribution in [1.82, 2.24) is 10.6 Å². The molecule has 0 aromatic rings. The van der Waals surface area contributed by atoms with E-state index >= 15 is 0 Å². The van der Waals surface area contributed by atoms with Gasteiger partial charge in [0.05, 0.1) is 11.1 Å². The van der Waals surface area contributed by atoms with Crippen LogP contribution in [0.2, 0.25) is 0 Å². The Morgan fingerprint density at radius 1 is 0.941 bits per heavy atom. The van der Waals surface area contributed by atoms with Crippen molar-refractivity contribution in [3.8, 4) is 0 Å². The summed E-state index contributed by atoms with van der Waals surface area (Å²) in [5.41, 5.74) is 0.770. The average molecular weight is 232 g/mol. The fourth-order valence-corrected chi connectivity index (χ4v) is 1.41. The summed E-state index contributed by atoms with van der Waals surface area (Å²) in [7, 11) is 0. The molecule has 0 spiro atoms. The molecule has 0 unspecified atom stereocenters. The molecule has 0 amide bonds. The Morgan fingerprint density at radius 3 is 1.76 bits per heavy atom. The van der Waals surface area contributed by atoms with Crippen LogP contribution in [0, 0.1) is 0 Å². The van der Waals surface area contributed by atoms with Crippen molar-refractivity contribution in [1.29, 1.82) is 0 Å². The van der Waals surface area contributed by atoms with Crippen LogP contribution >= 0.6 is 0 Å². The van der Waals surface area contributed by atoms with E-state index < -0.39 is 11.9 Å². The normalized spacial score (nSPS) is 17.4. The lowest BCUT2D eigenvalue weighted by Crippen LogP contribution is -2.20. The fourth-order valence-electron chi connectivity index (χ4n) is 1.41. The fraction of sp³-hybridized carbons (Fsp3) is 0.167. The topological polar surface area (TPSA) is 67.4 Å². The molecule has 0 aliphatic carbocycles. The molecule has 0 fully saturated rings. The van der Waals surface area contributed by atoms with E-state index in [1.165, 1.54) is 0 Å². The minimum absolute atomic E-state index is 0.385. The third-order valence-corrected chi connectivity index (χ3v) is 2.30. The molecular formula is C12H12N2O3. The first-order valence-corrected chi connectivity index (χ1v) is 5.24. The van der Waals surface area contributed by atoms with E-state index in [0.717, 1.165) is 0 Å². The number of dihydropyridines is 2. The van der Waals surface area contributed by atoms with Crippen LogP contribution in [0.15, 0.2) is 47.9 Å². The second-order valence-corrected chi connectivity index (χ2v) is 3.48. The van der Waals surface area contributed by atoms with Crippen molar-refractivity contribution in [3.05, 3.63) is 47.9 Å². The Hall–Kier alpha value is -2.30. The number of rotatable bonds is 2. The zero-order chi connectivity index (χ0) is 12.1. The predicted molar refractivity (Wildman–Crippen MR) is 61.6 cm³/mol. The van der Waals surface area contributed by atoms with Gasteiger partial charge < -0.3 is 15.4 Å². The van der Waals surface area contributed by atoms with Gasteiger partial charge in [-0.25, -0.2) is 9.59 Å². The van der Waals surface area contributed by atoms with E-state index in [1.54, 1.807) is 36.7 Å². The standard InChI is InChI=1S/C12H12N2O3/c15-11(9-1-5-13-6-2-9)17-12(16)10-3-7-14-8-4-10/h1-5,7,13-14H,6,8H2. The molecule has 2 aliphatic rings. The Balaban J connectivity index is 1.97. The molecule has 17 heavy (non-hydrogen) atoms. The number of ether oxygens (including phenoxy) is 1. The third kappa shape index (κ3) is 2.84. The van der Waals surface area contributed by atoms with Gasteiger partial charge in [-0.15, -0.1) is 0 Å². The van der Waals surface area contributed by atoms with Gasteiger partial charge in [-0.05, 0) is 24.6 Å². The first-order valence-electron chi connectivity index (χ1n) is 5.24. The van der Waals surface area contributed by atoms with E-state index in [-0.39, 0.29) is 0 Å². The van der Waals surface area contributed by atoms with E-state index in [4.69, 9.17) is 4.74 Å². The highest BCUT2D eigenvalue weighted by Gasteiger charge is 2.17. The van der Waals surface area contributed by atoms with Crippen LogP contribution in [0.4, 0.5) is 0 Å². The number of hydrogen-bond acceptors (Lipinski definition) is 5. The van der Waals surface area contributed by atoms with Crippen molar-refractivity contribution < 1.29 is 14.3 Å². The third-order valence-electron chi connectivity index (χ3n) is 2.30. The van der Waals surface area contributed by atoms with Crippen LogP contribution in [0.1, 0.15) is 0 Å². The highest BCUT2D eigenvalue weighted by molar-refractivity contribution is 6.04. The number of hydrogen-bond donors (Lipinski definition) is 2. The molecule has 0 saturated carbocycles. The van der Waals surface area contributed by atoms with E-state index in [2.05, 4.69) is 10.6 Å². The molecule has 2 aliphatic heterocycles. The molecule has 2 heterocycles. The summed E-state index contributed by atoms with van der Waals surface area (Å²) < 4.78 is 4.76. The van der Waals surface area contributed by atoms with Crippen LogP contribution < -0.4 is 10.6 Å². The minimum atomic E-state index is -0.624. The Bertz CT molecular complexity index is 416. The summed E-state index contributed by atoms with van der Waals surface area (Å²) >= 11 is 0. The van der Waals surface area contributed by atoms with Gasteiger partial charge in [0.15, 0.2) is 0 Å².